The van der Waals surface area contributed by atoms with E-state index >= 15 is 0 Å². The van der Waals surface area contributed by atoms with E-state index in [9.17, 15) is 13.6 Å². The second-order valence-corrected chi connectivity index (χ2v) is 6.58. The lowest BCUT2D eigenvalue weighted by molar-refractivity contribution is 0.100. The molecule has 0 atom stereocenters. The van der Waals surface area contributed by atoms with Gasteiger partial charge < -0.3 is 5.32 Å². The van der Waals surface area contributed by atoms with Crippen molar-refractivity contribution in [2.24, 2.45) is 0 Å². The van der Waals surface area contributed by atoms with E-state index in [4.69, 9.17) is 11.6 Å². The quantitative estimate of drug-likeness (QED) is 0.520. The predicted octanol–water partition coefficient (Wildman–Crippen LogP) is 3.39. The van der Waals surface area contributed by atoms with Gasteiger partial charge in [0.2, 0.25) is 0 Å². The van der Waals surface area contributed by atoms with Crippen LogP contribution in [-0.2, 0) is 0 Å². The zero-order valence-electron chi connectivity index (χ0n) is 15.4. The molecule has 4 aromatic rings. The van der Waals surface area contributed by atoms with Crippen LogP contribution in [-0.4, -0.2) is 40.9 Å². The number of tetrazole rings is 1. The molecule has 1 aromatic carbocycles. The number of hydrogen-bond donors (Lipinski definition) is 1. The lowest BCUT2D eigenvalue weighted by Crippen LogP contribution is -2.15. The smallest absolute Gasteiger partial charge is 0.281 e. The zero-order valence-corrected chi connectivity index (χ0v) is 16.1. The minimum Gasteiger partial charge on any atom is -0.322 e. The van der Waals surface area contributed by atoms with Gasteiger partial charge in [-0.3, -0.25) is 4.79 Å². The van der Waals surface area contributed by atoms with E-state index in [0.29, 0.717) is 11.4 Å². The first kappa shape index (κ1) is 19.6. The Morgan fingerprint density at radius 3 is 2.77 bits per heavy atom. The van der Waals surface area contributed by atoms with Crippen LogP contribution in [0.25, 0.3) is 11.5 Å². The van der Waals surface area contributed by atoms with Gasteiger partial charge in [0.15, 0.2) is 5.82 Å². The molecular formula is C18H13ClF2N8O. The van der Waals surface area contributed by atoms with Crippen LogP contribution in [0.5, 0.6) is 0 Å². The molecule has 0 aliphatic rings. The fraction of sp³-hybridized carbons (Fsp3) is 0.111. The molecule has 0 aliphatic heterocycles. The van der Waals surface area contributed by atoms with Gasteiger partial charge in [-0.2, -0.15) is 5.10 Å². The summed E-state index contributed by atoms with van der Waals surface area (Å²) < 4.78 is 29.9. The number of aryl methyl sites for hydroxylation is 1. The third-order valence-corrected chi connectivity index (χ3v) is 4.54. The lowest BCUT2D eigenvalue weighted by Gasteiger charge is -2.11. The number of nitrogens with zero attached hydrogens (tertiary/aromatic N) is 7. The van der Waals surface area contributed by atoms with Gasteiger partial charge in [0, 0.05) is 11.9 Å². The maximum absolute atomic E-state index is 13.8. The molecule has 4 rings (SSSR count). The highest BCUT2D eigenvalue weighted by atomic mass is 35.5. The summed E-state index contributed by atoms with van der Waals surface area (Å²) in [5, 5.41) is 17.6. The number of hydrogen-bond acceptors (Lipinski definition) is 6. The number of anilines is 1. The molecule has 0 saturated carbocycles. The number of alkyl halides is 2. The van der Waals surface area contributed by atoms with Gasteiger partial charge in [-0.25, -0.2) is 23.1 Å². The van der Waals surface area contributed by atoms with E-state index in [2.05, 4.69) is 30.9 Å². The Morgan fingerprint density at radius 1 is 1.27 bits per heavy atom. The average molecular weight is 431 g/mol. The maximum atomic E-state index is 13.8. The van der Waals surface area contributed by atoms with Crippen molar-refractivity contribution in [1.82, 2.24) is 35.0 Å². The average Bonchev–Trinajstić information content (AvgIpc) is 3.38. The van der Waals surface area contributed by atoms with Crippen molar-refractivity contribution in [3.8, 4) is 11.5 Å². The number of amides is 1. The molecule has 152 valence electrons. The zero-order chi connectivity index (χ0) is 21.3. The van der Waals surface area contributed by atoms with Crippen LogP contribution in [0.2, 0.25) is 5.02 Å². The Balaban J connectivity index is 1.64. The number of pyridine rings is 1. The van der Waals surface area contributed by atoms with Gasteiger partial charge in [0.05, 0.1) is 22.5 Å². The Morgan fingerprint density at radius 2 is 2.10 bits per heavy atom. The first-order chi connectivity index (χ1) is 14.5. The van der Waals surface area contributed by atoms with Gasteiger partial charge in [0.1, 0.15) is 12.0 Å². The first-order valence-electron chi connectivity index (χ1n) is 8.58. The number of rotatable bonds is 5. The number of halogens is 3. The van der Waals surface area contributed by atoms with Gasteiger partial charge in [-0.1, -0.05) is 11.6 Å². The van der Waals surface area contributed by atoms with Crippen molar-refractivity contribution < 1.29 is 13.6 Å². The number of benzene rings is 1. The lowest BCUT2D eigenvalue weighted by atomic mass is 10.1. The highest BCUT2D eigenvalue weighted by Gasteiger charge is 2.27. The van der Waals surface area contributed by atoms with E-state index in [-0.39, 0.29) is 16.4 Å². The SMILES string of the molecule is Cc1cc(NC(=O)c2cnn(-c3ncccc3Cl)c2C(F)F)ccc1-n1cnnn1. The molecule has 1 amide bonds. The van der Waals surface area contributed by atoms with E-state index in [1.165, 1.54) is 23.3 Å². The van der Waals surface area contributed by atoms with Crippen LogP contribution < -0.4 is 5.32 Å². The van der Waals surface area contributed by atoms with Crippen molar-refractivity contribution in [2.75, 3.05) is 5.32 Å². The number of carbonyl (C=O) groups excluding carboxylic acids is 1. The maximum Gasteiger partial charge on any atom is 0.281 e. The molecule has 0 bridgehead atoms. The van der Waals surface area contributed by atoms with Crippen LogP contribution in [0, 0.1) is 6.92 Å². The number of carbonyl (C=O) groups is 1. The first-order valence-corrected chi connectivity index (χ1v) is 8.96. The van der Waals surface area contributed by atoms with Crippen molar-refractivity contribution in [3.05, 3.63) is 70.9 Å². The summed E-state index contributed by atoms with van der Waals surface area (Å²) in [6, 6.07) is 8.05. The van der Waals surface area contributed by atoms with Crippen molar-refractivity contribution >= 4 is 23.2 Å². The third kappa shape index (κ3) is 3.62. The van der Waals surface area contributed by atoms with Crippen molar-refractivity contribution in [2.45, 2.75) is 13.3 Å². The minimum atomic E-state index is -2.98. The molecule has 30 heavy (non-hydrogen) atoms. The van der Waals surface area contributed by atoms with Gasteiger partial charge in [-0.05, 0) is 53.2 Å². The van der Waals surface area contributed by atoms with Gasteiger partial charge in [-0.15, -0.1) is 5.10 Å². The summed E-state index contributed by atoms with van der Waals surface area (Å²) in [7, 11) is 0. The van der Waals surface area contributed by atoms with Gasteiger partial charge >= 0.3 is 0 Å². The Kier molecular flexibility index (Phi) is 5.19. The molecule has 0 unspecified atom stereocenters. The summed E-state index contributed by atoms with van der Waals surface area (Å²) in [5.74, 6) is -0.728. The van der Waals surface area contributed by atoms with Crippen LogP contribution in [0.4, 0.5) is 14.5 Å². The molecule has 0 aliphatic carbocycles. The van der Waals surface area contributed by atoms with Crippen LogP contribution in [0.15, 0.2) is 49.1 Å². The standard InChI is InChI=1S/C18H13ClF2N8O/c1-10-7-11(4-5-14(10)28-9-23-26-27-28)25-18(30)12-8-24-29(15(12)16(20)21)17-13(19)3-2-6-22-17/h2-9,16H,1H3,(H,25,30). The summed E-state index contributed by atoms with van der Waals surface area (Å²) in [5.41, 5.74) is 1.01. The largest absolute Gasteiger partial charge is 0.322 e. The predicted molar refractivity (Wildman–Crippen MR) is 103 cm³/mol. The fourth-order valence-corrected chi connectivity index (χ4v) is 3.11. The van der Waals surface area contributed by atoms with Crippen LogP contribution >= 0.6 is 11.6 Å². The molecule has 0 radical (unpaired) electrons. The molecule has 3 heterocycles. The van der Waals surface area contributed by atoms with E-state index < -0.39 is 18.0 Å². The van der Waals surface area contributed by atoms with Crippen molar-refractivity contribution in [1.29, 1.82) is 0 Å². The summed E-state index contributed by atoms with van der Waals surface area (Å²) in [4.78, 5) is 16.7. The summed E-state index contributed by atoms with van der Waals surface area (Å²) in [6.45, 7) is 1.80. The molecule has 1 N–H and O–H groups in total. The highest BCUT2D eigenvalue weighted by Crippen LogP contribution is 2.28. The number of nitrogens with one attached hydrogen (secondary N) is 1. The van der Waals surface area contributed by atoms with Crippen molar-refractivity contribution in [3.63, 3.8) is 0 Å². The third-order valence-electron chi connectivity index (χ3n) is 4.25. The summed E-state index contributed by atoms with van der Waals surface area (Å²) in [6.07, 6.45) is 0.916. The number of aromatic nitrogens is 7. The van der Waals surface area contributed by atoms with E-state index in [1.807, 2.05) is 0 Å². The summed E-state index contributed by atoms with van der Waals surface area (Å²) >= 11 is 6.04. The molecule has 0 fully saturated rings. The Bertz CT molecular complexity index is 1210. The molecular weight excluding hydrogens is 418 g/mol. The molecule has 12 heteroatoms. The highest BCUT2D eigenvalue weighted by molar-refractivity contribution is 6.32. The normalized spacial score (nSPS) is 11.1. The van der Waals surface area contributed by atoms with Crippen LogP contribution in [0.3, 0.4) is 0 Å². The monoisotopic (exact) mass is 430 g/mol. The van der Waals surface area contributed by atoms with E-state index in [0.717, 1.165) is 16.4 Å². The fourth-order valence-electron chi connectivity index (χ4n) is 2.91. The second kappa shape index (κ2) is 7.95. The van der Waals surface area contributed by atoms with E-state index in [1.54, 1.807) is 31.2 Å². The minimum absolute atomic E-state index is 0.00940. The van der Waals surface area contributed by atoms with Gasteiger partial charge in [0.25, 0.3) is 12.3 Å². The molecule has 0 saturated heterocycles. The Hall–Kier alpha value is -3.73. The molecule has 9 nitrogen and oxygen atoms in total. The Labute approximate surface area is 173 Å². The molecule has 3 aromatic heterocycles. The second-order valence-electron chi connectivity index (χ2n) is 6.17. The topological polar surface area (TPSA) is 103 Å². The molecule has 0 spiro atoms. The van der Waals surface area contributed by atoms with Crippen LogP contribution in [0.1, 0.15) is 28.0 Å².